The highest BCUT2D eigenvalue weighted by molar-refractivity contribution is 5.36. The SMILES string of the molecule is CCCC1(CNC2CC(C#N)(c3ccccc3)C2)CC1. The van der Waals surface area contributed by atoms with Crippen molar-refractivity contribution in [1.29, 1.82) is 5.26 Å². The van der Waals surface area contributed by atoms with Crippen molar-refractivity contribution >= 4 is 0 Å². The second-order valence-corrected chi connectivity index (χ2v) is 6.80. The van der Waals surface area contributed by atoms with Crippen molar-refractivity contribution in [3.05, 3.63) is 35.9 Å². The fourth-order valence-electron chi connectivity index (χ4n) is 3.66. The van der Waals surface area contributed by atoms with E-state index in [4.69, 9.17) is 0 Å². The summed E-state index contributed by atoms with van der Waals surface area (Å²) in [6.45, 7) is 3.43. The van der Waals surface area contributed by atoms with E-state index < -0.39 is 0 Å². The topological polar surface area (TPSA) is 35.8 Å². The van der Waals surface area contributed by atoms with Crippen LogP contribution in [0.5, 0.6) is 0 Å². The van der Waals surface area contributed by atoms with Gasteiger partial charge in [0.25, 0.3) is 0 Å². The van der Waals surface area contributed by atoms with Gasteiger partial charge in [-0.05, 0) is 43.1 Å². The molecule has 2 aliphatic rings. The van der Waals surface area contributed by atoms with Crippen LogP contribution in [0.15, 0.2) is 30.3 Å². The van der Waals surface area contributed by atoms with Crippen LogP contribution in [-0.4, -0.2) is 12.6 Å². The predicted molar refractivity (Wildman–Crippen MR) is 81.3 cm³/mol. The third kappa shape index (κ3) is 2.47. The van der Waals surface area contributed by atoms with Gasteiger partial charge < -0.3 is 5.32 Å². The first-order valence-electron chi connectivity index (χ1n) is 7.92. The van der Waals surface area contributed by atoms with E-state index in [9.17, 15) is 5.26 Å². The summed E-state index contributed by atoms with van der Waals surface area (Å²) < 4.78 is 0. The fourth-order valence-corrected chi connectivity index (χ4v) is 3.66. The van der Waals surface area contributed by atoms with Crippen LogP contribution in [0.2, 0.25) is 0 Å². The molecular weight excluding hydrogens is 244 g/mol. The lowest BCUT2D eigenvalue weighted by molar-refractivity contribution is 0.213. The van der Waals surface area contributed by atoms with E-state index in [1.807, 2.05) is 18.2 Å². The van der Waals surface area contributed by atoms with Gasteiger partial charge in [-0.25, -0.2) is 0 Å². The molecule has 0 heterocycles. The Labute approximate surface area is 122 Å². The predicted octanol–water partition coefficient (Wildman–Crippen LogP) is 3.78. The molecule has 0 unspecified atom stereocenters. The molecule has 0 saturated heterocycles. The lowest BCUT2D eigenvalue weighted by atomic mass is 9.62. The van der Waals surface area contributed by atoms with Crippen LogP contribution in [0, 0.1) is 16.7 Å². The molecule has 1 N–H and O–H groups in total. The van der Waals surface area contributed by atoms with Gasteiger partial charge in [0.1, 0.15) is 0 Å². The van der Waals surface area contributed by atoms with Crippen molar-refractivity contribution in [3.8, 4) is 6.07 Å². The molecule has 0 aliphatic heterocycles. The van der Waals surface area contributed by atoms with E-state index in [0.717, 1.165) is 19.4 Å². The Hall–Kier alpha value is -1.33. The summed E-state index contributed by atoms with van der Waals surface area (Å²) in [4.78, 5) is 0. The lowest BCUT2D eigenvalue weighted by Crippen LogP contribution is -2.52. The maximum Gasteiger partial charge on any atom is 0.0852 e. The van der Waals surface area contributed by atoms with Gasteiger partial charge in [-0.1, -0.05) is 43.7 Å². The average molecular weight is 268 g/mol. The summed E-state index contributed by atoms with van der Waals surface area (Å²) in [5.41, 5.74) is 1.56. The number of benzene rings is 1. The molecule has 2 fully saturated rings. The number of rotatable bonds is 6. The third-order valence-corrected chi connectivity index (χ3v) is 5.23. The van der Waals surface area contributed by atoms with Gasteiger partial charge in [0, 0.05) is 12.6 Å². The second-order valence-electron chi connectivity index (χ2n) is 6.80. The van der Waals surface area contributed by atoms with Gasteiger partial charge in [-0.2, -0.15) is 5.26 Å². The highest BCUT2D eigenvalue weighted by Gasteiger charge is 2.48. The van der Waals surface area contributed by atoms with Gasteiger partial charge >= 0.3 is 0 Å². The molecule has 0 atom stereocenters. The molecule has 0 bridgehead atoms. The summed E-state index contributed by atoms with van der Waals surface area (Å²) in [7, 11) is 0. The first kappa shape index (κ1) is 13.6. The molecule has 2 aliphatic carbocycles. The Kier molecular flexibility index (Phi) is 3.56. The number of nitrogens with zero attached hydrogens (tertiary/aromatic N) is 1. The van der Waals surface area contributed by atoms with Gasteiger partial charge in [-0.15, -0.1) is 0 Å². The van der Waals surface area contributed by atoms with Crippen molar-refractivity contribution in [3.63, 3.8) is 0 Å². The quantitative estimate of drug-likeness (QED) is 0.852. The van der Waals surface area contributed by atoms with Gasteiger partial charge in [-0.3, -0.25) is 0 Å². The normalized spacial score (nSPS) is 30.3. The van der Waals surface area contributed by atoms with E-state index in [-0.39, 0.29) is 5.41 Å². The summed E-state index contributed by atoms with van der Waals surface area (Å²) in [5, 5.41) is 13.3. The number of hydrogen-bond donors (Lipinski definition) is 1. The minimum atomic E-state index is -0.236. The van der Waals surface area contributed by atoms with Crippen molar-refractivity contribution in [2.75, 3.05) is 6.54 Å². The molecule has 1 aromatic carbocycles. The monoisotopic (exact) mass is 268 g/mol. The average Bonchev–Trinajstić information content (AvgIpc) is 3.19. The Morgan fingerprint density at radius 1 is 1.25 bits per heavy atom. The number of nitriles is 1. The lowest BCUT2D eigenvalue weighted by Gasteiger charge is -2.44. The third-order valence-electron chi connectivity index (χ3n) is 5.23. The number of nitrogens with one attached hydrogen (secondary N) is 1. The molecule has 3 rings (SSSR count). The largest absolute Gasteiger partial charge is 0.313 e. The minimum Gasteiger partial charge on any atom is -0.313 e. The molecule has 20 heavy (non-hydrogen) atoms. The van der Waals surface area contributed by atoms with E-state index in [2.05, 4.69) is 30.4 Å². The van der Waals surface area contributed by atoms with Crippen molar-refractivity contribution in [2.45, 2.75) is 56.9 Å². The van der Waals surface area contributed by atoms with Crippen LogP contribution in [0.1, 0.15) is 51.0 Å². The molecule has 1 aromatic rings. The van der Waals surface area contributed by atoms with Crippen LogP contribution in [0.25, 0.3) is 0 Å². The Bertz CT molecular complexity index is 490. The van der Waals surface area contributed by atoms with Crippen LogP contribution in [-0.2, 0) is 5.41 Å². The van der Waals surface area contributed by atoms with Crippen LogP contribution >= 0.6 is 0 Å². The first-order chi connectivity index (χ1) is 9.72. The van der Waals surface area contributed by atoms with Gasteiger partial charge in [0.05, 0.1) is 11.5 Å². The molecule has 2 heteroatoms. The van der Waals surface area contributed by atoms with Crippen molar-refractivity contribution in [2.24, 2.45) is 5.41 Å². The Balaban J connectivity index is 1.54. The number of hydrogen-bond acceptors (Lipinski definition) is 2. The smallest absolute Gasteiger partial charge is 0.0852 e. The molecule has 0 aromatic heterocycles. The fraction of sp³-hybridized carbons (Fsp3) is 0.611. The summed E-state index contributed by atoms with van der Waals surface area (Å²) in [5.74, 6) is 0. The summed E-state index contributed by atoms with van der Waals surface area (Å²) in [6.07, 6.45) is 7.37. The minimum absolute atomic E-state index is 0.236. The molecule has 2 nitrogen and oxygen atoms in total. The highest BCUT2D eigenvalue weighted by atomic mass is 15.0. The zero-order valence-electron chi connectivity index (χ0n) is 12.4. The summed E-state index contributed by atoms with van der Waals surface area (Å²) in [6, 6.07) is 13.4. The standard InChI is InChI=1S/C18H24N2/c1-2-8-17(9-10-17)14-20-16-11-18(12-16,13-19)15-6-4-3-5-7-15/h3-7,16,20H,2,8-12,14H2,1H3. The van der Waals surface area contributed by atoms with Gasteiger partial charge in [0.15, 0.2) is 0 Å². The molecule has 2 saturated carbocycles. The van der Waals surface area contributed by atoms with Gasteiger partial charge in [0.2, 0.25) is 0 Å². The van der Waals surface area contributed by atoms with Crippen LogP contribution in [0.3, 0.4) is 0 Å². The van der Waals surface area contributed by atoms with Crippen molar-refractivity contribution in [1.82, 2.24) is 5.32 Å². The molecule has 0 spiro atoms. The Morgan fingerprint density at radius 3 is 2.50 bits per heavy atom. The van der Waals surface area contributed by atoms with Crippen LogP contribution in [0.4, 0.5) is 0 Å². The Morgan fingerprint density at radius 2 is 1.95 bits per heavy atom. The van der Waals surface area contributed by atoms with Crippen LogP contribution < -0.4 is 5.32 Å². The molecule has 0 amide bonds. The molecule has 0 radical (unpaired) electrons. The van der Waals surface area contributed by atoms with Crippen molar-refractivity contribution < 1.29 is 0 Å². The van der Waals surface area contributed by atoms with E-state index in [1.54, 1.807) is 0 Å². The van der Waals surface area contributed by atoms with E-state index in [1.165, 1.54) is 31.2 Å². The maximum atomic E-state index is 9.55. The van der Waals surface area contributed by atoms with E-state index >= 15 is 0 Å². The molecular formula is C18H24N2. The molecule has 106 valence electrons. The highest BCUT2D eigenvalue weighted by Crippen LogP contribution is 2.50. The van der Waals surface area contributed by atoms with E-state index in [0.29, 0.717) is 11.5 Å². The summed E-state index contributed by atoms with van der Waals surface area (Å²) >= 11 is 0. The zero-order valence-corrected chi connectivity index (χ0v) is 12.4. The zero-order chi connectivity index (χ0) is 14.1. The first-order valence-corrected chi connectivity index (χ1v) is 7.92. The maximum absolute atomic E-state index is 9.55. The second kappa shape index (κ2) is 5.22.